The molecule has 1 aliphatic carbocycles. The van der Waals surface area contributed by atoms with Crippen molar-refractivity contribution in [2.24, 2.45) is 0 Å². The van der Waals surface area contributed by atoms with Gasteiger partial charge in [0.1, 0.15) is 6.10 Å². The second kappa shape index (κ2) is 4.60. The van der Waals surface area contributed by atoms with Crippen LogP contribution in [-0.2, 0) is 6.42 Å². The number of rotatable bonds is 2. The lowest BCUT2D eigenvalue weighted by Crippen LogP contribution is -2.31. The lowest BCUT2D eigenvalue weighted by atomic mass is 9.90. The fourth-order valence-corrected chi connectivity index (χ4v) is 1.97. The number of hydrogen-bond donors (Lipinski definition) is 2. The van der Waals surface area contributed by atoms with Gasteiger partial charge in [0, 0.05) is 0 Å². The minimum atomic E-state index is -0.682. The van der Waals surface area contributed by atoms with E-state index in [1.165, 1.54) is 5.56 Å². The molecule has 15 heavy (non-hydrogen) atoms. The molecule has 1 aromatic rings. The third-order valence-electron chi connectivity index (χ3n) is 2.86. The van der Waals surface area contributed by atoms with Crippen molar-refractivity contribution in [1.82, 2.24) is 0 Å². The first kappa shape index (κ1) is 10.4. The summed E-state index contributed by atoms with van der Waals surface area (Å²) in [4.78, 5) is 0. The summed E-state index contributed by atoms with van der Waals surface area (Å²) in [5.41, 5.74) is 2.12. The quantitative estimate of drug-likeness (QED) is 0.719. The van der Waals surface area contributed by atoms with E-state index in [9.17, 15) is 10.2 Å². The summed E-state index contributed by atoms with van der Waals surface area (Å²) in [5.74, 6) is 0. The first-order valence-electron chi connectivity index (χ1n) is 5.36. The number of hydrogen-bond acceptors (Lipinski definition) is 2. The summed E-state index contributed by atoms with van der Waals surface area (Å²) in [6, 6.07) is 10.0. The van der Waals surface area contributed by atoms with Gasteiger partial charge in [-0.2, -0.15) is 0 Å². The Balaban J connectivity index is 2.09. The van der Waals surface area contributed by atoms with Gasteiger partial charge in [0.05, 0.1) is 6.10 Å². The lowest BCUT2D eigenvalue weighted by molar-refractivity contribution is 0.0301. The Kier molecular flexibility index (Phi) is 3.19. The molecule has 0 amide bonds. The predicted molar refractivity (Wildman–Crippen MR) is 59.5 cm³/mol. The molecule has 0 saturated carbocycles. The van der Waals surface area contributed by atoms with Crippen molar-refractivity contribution in [3.8, 4) is 0 Å². The third-order valence-corrected chi connectivity index (χ3v) is 2.86. The second-order valence-electron chi connectivity index (χ2n) is 4.03. The minimum Gasteiger partial charge on any atom is -0.390 e. The Hall–Kier alpha value is -1.12. The fraction of sp³-hybridized carbons (Fsp3) is 0.385. The Morgan fingerprint density at radius 3 is 2.60 bits per heavy atom. The summed E-state index contributed by atoms with van der Waals surface area (Å²) < 4.78 is 0. The van der Waals surface area contributed by atoms with Crippen molar-refractivity contribution in [1.29, 1.82) is 0 Å². The van der Waals surface area contributed by atoms with Crippen LogP contribution in [-0.4, -0.2) is 22.4 Å². The van der Waals surface area contributed by atoms with Crippen molar-refractivity contribution in [3.63, 3.8) is 0 Å². The molecule has 2 rings (SSSR count). The Morgan fingerprint density at radius 2 is 1.87 bits per heavy atom. The first-order valence-corrected chi connectivity index (χ1v) is 5.36. The molecule has 0 aromatic heterocycles. The zero-order valence-electron chi connectivity index (χ0n) is 8.63. The van der Waals surface area contributed by atoms with Gasteiger partial charge >= 0.3 is 0 Å². The van der Waals surface area contributed by atoms with Crippen LogP contribution in [0.4, 0.5) is 0 Å². The van der Waals surface area contributed by atoms with Crippen LogP contribution in [0.3, 0.4) is 0 Å². The molecule has 0 saturated heterocycles. The van der Waals surface area contributed by atoms with Crippen molar-refractivity contribution in [3.05, 3.63) is 47.5 Å². The minimum absolute atomic E-state index is 0.589. The smallest absolute Gasteiger partial charge is 0.101 e. The second-order valence-corrected chi connectivity index (χ2v) is 4.03. The summed E-state index contributed by atoms with van der Waals surface area (Å²) in [6.45, 7) is 0. The van der Waals surface area contributed by atoms with Crippen molar-refractivity contribution >= 4 is 0 Å². The van der Waals surface area contributed by atoms with Gasteiger partial charge in [0.25, 0.3) is 0 Å². The largest absolute Gasteiger partial charge is 0.390 e. The predicted octanol–water partition coefficient (Wildman–Crippen LogP) is 1.67. The summed E-state index contributed by atoms with van der Waals surface area (Å²) >= 11 is 0. The molecule has 0 bridgehead atoms. The highest BCUT2D eigenvalue weighted by Crippen LogP contribution is 2.22. The van der Waals surface area contributed by atoms with E-state index in [0.29, 0.717) is 6.42 Å². The van der Waals surface area contributed by atoms with Gasteiger partial charge in [-0.05, 0) is 30.4 Å². The van der Waals surface area contributed by atoms with Gasteiger partial charge in [0.15, 0.2) is 0 Å². The van der Waals surface area contributed by atoms with E-state index in [-0.39, 0.29) is 0 Å². The Morgan fingerprint density at radius 1 is 1.13 bits per heavy atom. The molecular weight excluding hydrogens is 188 g/mol. The van der Waals surface area contributed by atoms with E-state index >= 15 is 0 Å². The van der Waals surface area contributed by atoms with Crippen LogP contribution < -0.4 is 0 Å². The molecule has 80 valence electrons. The van der Waals surface area contributed by atoms with E-state index < -0.39 is 12.2 Å². The number of allylic oxidation sites excluding steroid dienone is 1. The van der Waals surface area contributed by atoms with Crippen molar-refractivity contribution in [2.45, 2.75) is 31.5 Å². The molecule has 0 unspecified atom stereocenters. The van der Waals surface area contributed by atoms with E-state index in [4.69, 9.17) is 0 Å². The fourth-order valence-electron chi connectivity index (χ4n) is 1.97. The average Bonchev–Trinajstić information content (AvgIpc) is 2.26. The molecule has 0 radical (unpaired) electrons. The third kappa shape index (κ3) is 2.46. The highest BCUT2D eigenvalue weighted by atomic mass is 16.3. The van der Waals surface area contributed by atoms with Crippen LogP contribution >= 0.6 is 0 Å². The molecular formula is C13H16O2. The van der Waals surface area contributed by atoms with Gasteiger partial charge in [0.2, 0.25) is 0 Å². The average molecular weight is 204 g/mol. The Bertz CT molecular complexity index is 343. The molecule has 2 atom stereocenters. The highest BCUT2D eigenvalue weighted by molar-refractivity contribution is 5.25. The van der Waals surface area contributed by atoms with Gasteiger partial charge in [-0.15, -0.1) is 0 Å². The summed E-state index contributed by atoms with van der Waals surface area (Å²) in [6.07, 6.45) is 3.04. The number of aliphatic hydroxyl groups excluding tert-OH is 2. The number of aliphatic hydroxyl groups is 2. The highest BCUT2D eigenvalue weighted by Gasteiger charge is 2.23. The van der Waals surface area contributed by atoms with Crippen LogP contribution in [0.5, 0.6) is 0 Å². The molecule has 2 N–H and O–H groups in total. The zero-order valence-corrected chi connectivity index (χ0v) is 8.63. The first-order chi connectivity index (χ1) is 7.27. The van der Waals surface area contributed by atoms with E-state index in [0.717, 1.165) is 18.4 Å². The van der Waals surface area contributed by atoms with Crippen LogP contribution in [0.15, 0.2) is 42.0 Å². The molecule has 0 heterocycles. The van der Waals surface area contributed by atoms with Crippen LogP contribution in [0, 0.1) is 0 Å². The normalized spacial score (nSPS) is 26.1. The van der Waals surface area contributed by atoms with Gasteiger partial charge in [-0.1, -0.05) is 36.4 Å². The van der Waals surface area contributed by atoms with Gasteiger partial charge in [-0.3, -0.25) is 0 Å². The maximum atomic E-state index is 9.78. The number of benzene rings is 1. The topological polar surface area (TPSA) is 40.5 Å². The van der Waals surface area contributed by atoms with Crippen LogP contribution in [0.1, 0.15) is 18.4 Å². The maximum absolute atomic E-state index is 9.78. The zero-order chi connectivity index (χ0) is 10.7. The summed E-state index contributed by atoms with van der Waals surface area (Å²) in [5, 5.41) is 19.3. The molecule has 1 aliphatic rings. The molecule has 1 aromatic carbocycles. The van der Waals surface area contributed by atoms with Gasteiger partial charge < -0.3 is 10.2 Å². The molecule has 2 nitrogen and oxygen atoms in total. The van der Waals surface area contributed by atoms with E-state index in [1.54, 1.807) is 0 Å². The monoisotopic (exact) mass is 204 g/mol. The van der Waals surface area contributed by atoms with E-state index in [2.05, 4.69) is 0 Å². The molecule has 0 spiro atoms. The summed E-state index contributed by atoms with van der Waals surface area (Å²) in [7, 11) is 0. The Labute approximate surface area is 89.9 Å². The van der Waals surface area contributed by atoms with Gasteiger partial charge in [-0.25, -0.2) is 0 Å². The van der Waals surface area contributed by atoms with Crippen LogP contribution in [0.2, 0.25) is 0 Å². The molecule has 0 aliphatic heterocycles. The van der Waals surface area contributed by atoms with E-state index in [1.807, 2.05) is 36.4 Å². The van der Waals surface area contributed by atoms with Crippen LogP contribution in [0.25, 0.3) is 0 Å². The maximum Gasteiger partial charge on any atom is 0.101 e. The lowest BCUT2D eigenvalue weighted by Gasteiger charge is -2.24. The molecule has 2 heteroatoms. The molecule has 0 fully saturated rings. The standard InChI is InChI=1S/C13H16O2/c14-12-8-4-7-11(13(12)15)9-10-5-2-1-3-6-10/h1-3,5-7,12-15H,4,8-9H2/t12-,13+/m0/s1. The SMILES string of the molecule is O[C@@H]1C(Cc2ccccc2)=CCC[C@@H]1O. The van der Waals surface area contributed by atoms with Crippen molar-refractivity contribution < 1.29 is 10.2 Å². The van der Waals surface area contributed by atoms with Crippen molar-refractivity contribution in [2.75, 3.05) is 0 Å².